The third-order valence-electron chi connectivity index (χ3n) is 4.00. The lowest BCUT2D eigenvalue weighted by atomic mass is 10.0. The number of amides is 3. The van der Waals surface area contributed by atoms with Gasteiger partial charge in [0.1, 0.15) is 5.75 Å². The van der Waals surface area contributed by atoms with Crippen LogP contribution in [0, 0.1) is 0 Å². The van der Waals surface area contributed by atoms with E-state index in [-0.39, 0.29) is 5.91 Å². The first-order valence-electron chi connectivity index (χ1n) is 7.77. The number of carbonyl (C=O) groups is 3. The molecule has 0 radical (unpaired) electrons. The second-order valence-corrected chi connectivity index (χ2v) is 6.28. The third kappa shape index (κ3) is 3.21. The van der Waals surface area contributed by atoms with Gasteiger partial charge in [0.05, 0.1) is 5.69 Å². The van der Waals surface area contributed by atoms with Crippen molar-refractivity contribution in [2.75, 3.05) is 17.7 Å². The van der Waals surface area contributed by atoms with Gasteiger partial charge in [-0.3, -0.25) is 14.4 Å². The van der Waals surface area contributed by atoms with Crippen molar-refractivity contribution in [3.05, 3.63) is 53.1 Å². The van der Waals surface area contributed by atoms with E-state index < -0.39 is 17.4 Å². The quantitative estimate of drug-likeness (QED) is 0.720. The van der Waals surface area contributed by atoms with E-state index in [0.29, 0.717) is 27.7 Å². The van der Waals surface area contributed by atoms with Gasteiger partial charge in [-0.2, -0.15) is 0 Å². The van der Waals surface area contributed by atoms with E-state index in [1.165, 1.54) is 14.0 Å². The van der Waals surface area contributed by atoms with Crippen LogP contribution in [-0.4, -0.2) is 30.4 Å². The van der Waals surface area contributed by atoms with Crippen molar-refractivity contribution in [3.8, 4) is 5.75 Å². The molecule has 0 saturated carbocycles. The summed E-state index contributed by atoms with van der Waals surface area (Å²) in [6, 6.07) is 11.0. The fourth-order valence-electron chi connectivity index (χ4n) is 2.45. The summed E-state index contributed by atoms with van der Waals surface area (Å²) in [6.07, 6.45) is 0. The van der Waals surface area contributed by atoms with Crippen molar-refractivity contribution in [2.24, 2.45) is 0 Å². The molecule has 1 unspecified atom stereocenters. The second kappa shape index (κ2) is 6.68. The van der Waals surface area contributed by atoms with Crippen LogP contribution in [0.1, 0.15) is 17.3 Å². The molecule has 134 valence electrons. The SMILES string of the molecule is CNC(=O)c1ccc(NC(=O)C2(C)Oc3ccc(Cl)cc3NC2=O)cc1. The number of ether oxygens (including phenoxy) is 1. The van der Waals surface area contributed by atoms with Crippen LogP contribution in [0.4, 0.5) is 11.4 Å². The summed E-state index contributed by atoms with van der Waals surface area (Å²) in [4.78, 5) is 36.6. The lowest BCUT2D eigenvalue weighted by Crippen LogP contribution is -2.56. The Balaban J connectivity index is 1.79. The molecule has 3 amide bonds. The minimum Gasteiger partial charge on any atom is -0.466 e. The van der Waals surface area contributed by atoms with Gasteiger partial charge in [-0.05, 0) is 49.4 Å². The van der Waals surface area contributed by atoms with Crippen molar-refractivity contribution < 1.29 is 19.1 Å². The number of hydrogen-bond acceptors (Lipinski definition) is 4. The Morgan fingerprint density at radius 1 is 1.15 bits per heavy atom. The molecule has 1 aliphatic heterocycles. The van der Waals surface area contributed by atoms with Crippen LogP contribution in [0.3, 0.4) is 0 Å². The Morgan fingerprint density at radius 3 is 2.50 bits per heavy atom. The Labute approximate surface area is 154 Å². The number of anilines is 2. The van der Waals surface area contributed by atoms with E-state index >= 15 is 0 Å². The normalized spacial score (nSPS) is 18.2. The lowest BCUT2D eigenvalue weighted by Gasteiger charge is -2.33. The van der Waals surface area contributed by atoms with E-state index in [9.17, 15) is 14.4 Å². The highest BCUT2D eigenvalue weighted by atomic mass is 35.5. The summed E-state index contributed by atoms with van der Waals surface area (Å²) < 4.78 is 5.65. The van der Waals surface area contributed by atoms with Crippen LogP contribution in [0.15, 0.2) is 42.5 Å². The highest BCUT2D eigenvalue weighted by Crippen LogP contribution is 2.36. The number of nitrogens with one attached hydrogen (secondary N) is 3. The summed E-state index contributed by atoms with van der Waals surface area (Å²) in [6.45, 7) is 1.38. The van der Waals surface area contributed by atoms with E-state index in [1.807, 2.05) is 0 Å². The molecule has 2 aromatic rings. The highest BCUT2D eigenvalue weighted by Gasteiger charge is 2.47. The van der Waals surface area contributed by atoms with Gasteiger partial charge < -0.3 is 20.7 Å². The van der Waals surface area contributed by atoms with Gasteiger partial charge in [-0.15, -0.1) is 0 Å². The Morgan fingerprint density at radius 2 is 1.85 bits per heavy atom. The van der Waals surface area contributed by atoms with Crippen molar-refractivity contribution in [2.45, 2.75) is 12.5 Å². The number of carbonyl (C=O) groups excluding carboxylic acids is 3. The van der Waals surface area contributed by atoms with E-state index in [1.54, 1.807) is 42.5 Å². The minimum atomic E-state index is -1.75. The smallest absolute Gasteiger partial charge is 0.278 e. The van der Waals surface area contributed by atoms with Crippen LogP contribution >= 0.6 is 11.6 Å². The van der Waals surface area contributed by atoms with Crippen LogP contribution in [0.5, 0.6) is 5.75 Å². The van der Waals surface area contributed by atoms with Crippen molar-refractivity contribution in [3.63, 3.8) is 0 Å². The molecule has 7 nitrogen and oxygen atoms in total. The zero-order chi connectivity index (χ0) is 18.9. The molecule has 0 saturated heterocycles. The van der Waals surface area contributed by atoms with Gasteiger partial charge in [0, 0.05) is 23.3 Å². The first-order chi connectivity index (χ1) is 12.3. The summed E-state index contributed by atoms with van der Waals surface area (Å²) in [5, 5.41) is 8.21. The van der Waals surface area contributed by atoms with Gasteiger partial charge in [0.25, 0.3) is 23.3 Å². The van der Waals surface area contributed by atoms with E-state index in [0.717, 1.165) is 0 Å². The maximum Gasteiger partial charge on any atom is 0.278 e. The summed E-state index contributed by atoms with van der Waals surface area (Å²) in [5.74, 6) is -1.13. The Kier molecular flexibility index (Phi) is 4.56. The minimum absolute atomic E-state index is 0.236. The number of benzene rings is 2. The largest absolute Gasteiger partial charge is 0.466 e. The topological polar surface area (TPSA) is 96.5 Å². The predicted octanol–water partition coefficient (Wildman–Crippen LogP) is 2.43. The molecule has 0 aromatic heterocycles. The number of fused-ring (bicyclic) bond motifs is 1. The Hall–Kier alpha value is -3.06. The van der Waals surface area contributed by atoms with Crippen molar-refractivity contribution >= 4 is 40.7 Å². The predicted molar refractivity (Wildman–Crippen MR) is 97.6 cm³/mol. The third-order valence-corrected chi connectivity index (χ3v) is 4.24. The fourth-order valence-corrected chi connectivity index (χ4v) is 2.62. The van der Waals surface area contributed by atoms with Crippen molar-refractivity contribution in [1.29, 1.82) is 0 Å². The van der Waals surface area contributed by atoms with Gasteiger partial charge in [-0.25, -0.2) is 0 Å². The first kappa shape index (κ1) is 17.8. The molecule has 3 N–H and O–H groups in total. The van der Waals surface area contributed by atoms with E-state index in [4.69, 9.17) is 16.3 Å². The maximum absolute atomic E-state index is 12.6. The van der Waals surface area contributed by atoms with Crippen molar-refractivity contribution in [1.82, 2.24) is 5.32 Å². The number of halogens is 1. The molecule has 0 fully saturated rings. The standard InChI is InChI=1S/C18H16ClN3O4/c1-18(17(25)22-13-9-11(19)5-8-14(13)26-18)16(24)21-12-6-3-10(4-7-12)15(23)20-2/h3-9H,1-2H3,(H,20,23)(H,21,24)(H,22,25). The molecule has 3 rings (SSSR count). The number of hydrogen-bond donors (Lipinski definition) is 3. The van der Waals surface area contributed by atoms with Crippen LogP contribution in [-0.2, 0) is 9.59 Å². The van der Waals surface area contributed by atoms with Gasteiger partial charge >= 0.3 is 0 Å². The zero-order valence-electron chi connectivity index (χ0n) is 14.1. The molecule has 1 heterocycles. The van der Waals surface area contributed by atoms with Crippen LogP contribution in [0.25, 0.3) is 0 Å². The first-order valence-corrected chi connectivity index (χ1v) is 8.15. The molecular weight excluding hydrogens is 358 g/mol. The molecule has 26 heavy (non-hydrogen) atoms. The van der Waals surface area contributed by atoms with Crippen LogP contribution in [0.2, 0.25) is 5.02 Å². The maximum atomic E-state index is 12.6. The Bertz CT molecular complexity index is 898. The average molecular weight is 374 g/mol. The molecule has 8 heteroatoms. The molecule has 1 atom stereocenters. The second-order valence-electron chi connectivity index (χ2n) is 5.84. The summed E-state index contributed by atoms with van der Waals surface area (Å²) in [7, 11) is 1.53. The number of rotatable bonds is 3. The molecule has 0 aliphatic carbocycles. The monoisotopic (exact) mass is 373 g/mol. The van der Waals surface area contributed by atoms with Gasteiger partial charge in [0.15, 0.2) is 0 Å². The average Bonchev–Trinajstić information content (AvgIpc) is 2.63. The zero-order valence-corrected chi connectivity index (χ0v) is 14.8. The summed E-state index contributed by atoms with van der Waals surface area (Å²) in [5.41, 5.74) is -0.459. The lowest BCUT2D eigenvalue weighted by molar-refractivity contribution is -0.143. The molecule has 0 spiro atoms. The van der Waals surface area contributed by atoms with E-state index in [2.05, 4.69) is 16.0 Å². The molecule has 0 bridgehead atoms. The fraction of sp³-hybridized carbons (Fsp3) is 0.167. The highest BCUT2D eigenvalue weighted by molar-refractivity contribution is 6.31. The van der Waals surface area contributed by atoms with Gasteiger partial charge in [0.2, 0.25) is 0 Å². The van der Waals surface area contributed by atoms with Gasteiger partial charge in [-0.1, -0.05) is 11.6 Å². The molecular formula is C18H16ClN3O4. The molecule has 1 aliphatic rings. The van der Waals surface area contributed by atoms with Crippen LogP contribution < -0.4 is 20.7 Å². The summed E-state index contributed by atoms with van der Waals surface area (Å²) >= 11 is 5.90. The molecule has 2 aromatic carbocycles.